The molecule has 0 aromatic carbocycles. The normalized spacial score (nSPS) is 14.3. The van der Waals surface area contributed by atoms with Crippen LogP contribution in [0, 0.1) is 23.7 Å². The van der Waals surface area contributed by atoms with Gasteiger partial charge in [0.25, 0.3) is 0 Å². The Morgan fingerprint density at radius 1 is 0.277 bits per heavy atom. The van der Waals surface area contributed by atoms with Crippen molar-refractivity contribution in [1.82, 2.24) is 0 Å². The van der Waals surface area contributed by atoms with Gasteiger partial charge in [-0.1, -0.05) is 370 Å². The summed E-state index contributed by atoms with van der Waals surface area (Å²) in [4.78, 5) is 72.9. The first kappa shape index (κ1) is 99.1. The second-order valence-electron chi connectivity index (χ2n) is 31.2. The zero-order valence-electron chi connectivity index (χ0n) is 66.5. The summed E-state index contributed by atoms with van der Waals surface area (Å²) in [6.07, 6.45) is 58.8. The molecule has 3 unspecified atom stereocenters. The molecule has 0 aliphatic rings. The number of esters is 4. The van der Waals surface area contributed by atoms with Gasteiger partial charge in [0.1, 0.15) is 19.3 Å². The van der Waals surface area contributed by atoms with Gasteiger partial charge in [0.15, 0.2) is 12.2 Å². The summed E-state index contributed by atoms with van der Waals surface area (Å²) in [5, 5.41) is 10.6. The molecule has 0 spiro atoms. The standard InChI is InChI=1S/C82H160O17P2/c1-9-75(8)61-53-45-39-41-47-55-63-80(85)93-69-77(98-81(86)64-56-48-37-33-29-25-21-17-13-11-15-19-23-27-31-35-43-51-59-73(4)5)70-96-100(88,89)94-66-76(83)67-95-101(90,91)97-71-78(99-82(87)65-57-49-40-38-44-52-60-74(6)7)68-92-79(84)62-54-46-36-32-28-24-20-16-12-10-14-18-22-26-30-34-42-50-58-72(2)3/h72-78,83H,9-71H2,1-8H3,(H,88,89)(H,90,91)/t75?,76-,77+,78+/m0/s1. The maximum atomic E-state index is 13.1. The van der Waals surface area contributed by atoms with Crippen molar-refractivity contribution in [2.45, 2.75) is 440 Å². The summed E-state index contributed by atoms with van der Waals surface area (Å²) in [5.41, 5.74) is 0. The van der Waals surface area contributed by atoms with Crippen molar-refractivity contribution in [3.05, 3.63) is 0 Å². The monoisotopic (exact) mass is 1480 g/mol. The molecule has 19 heteroatoms. The van der Waals surface area contributed by atoms with E-state index in [4.69, 9.17) is 37.0 Å². The molecule has 17 nitrogen and oxygen atoms in total. The highest BCUT2D eigenvalue weighted by atomic mass is 31.2. The summed E-state index contributed by atoms with van der Waals surface area (Å²) in [6, 6.07) is 0. The van der Waals surface area contributed by atoms with Gasteiger partial charge < -0.3 is 33.8 Å². The third kappa shape index (κ3) is 74.7. The molecule has 0 rings (SSSR count). The number of hydrogen-bond acceptors (Lipinski definition) is 15. The molecule has 0 heterocycles. The predicted molar refractivity (Wildman–Crippen MR) is 414 cm³/mol. The number of aliphatic hydroxyl groups is 1. The van der Waals surface area contributed by atoms with Crippen molar-refractivity contribution in [2.24, 2.45) is 23.7 Å². The Balaban J connectivity index is 5.09. The Labute approximate surface area is 619 Å². The van der Waals surface area contributed by atoms with Crippen LogP contribution in [0.2, 0.25) is 0 Å². The van der Waals surface area contributed by atoms with E-state index in [1.54, 1.807) is 0 Å². The first-order valence-corrected chi connectivity index (χ1v) is 45.2. The number of rotatable bonds is 79. The van der Waals surface area contributed by atoms with Crippen molar-refractivity contribution in [2.75, 3.05) is 39.6 Å². The molecular formula is C82H160O17P2. The third-order valence-electron chi connectivity index (χ3n) is 19.4. The van der Waals surface area contributed by atoms with Crippen LogP contribution in [-0.2, 0) is 65.4 Å². The van der Waals surface area contributed by atoms with Crippen molar-refractivity contribution < 1.29 is 80.2 Å². The van der Waals surface area contributed by atoms with E-state index in [2.05, 4.69) is 55.4 Å². The van der Waals surface area contributed by atoms with E-state index in [1.807, 2.05) is 0 Å². The van der Waals surface area contributed by atoms with Gasteiger partial charge in [0.05, 0.1) is 26.4 Å². The van der Waals surface area contributed by atoms with Crippen LogP contribution >= 0.6 is 15.6 Å². The van der Waals surface area contributed by atoms with Gasteiger partial charge in [0.2, 0.25) is 0 Å². The lowest BCUT2D eigenvalue weighted by atomic mass is 10.00. The zero-order valence-corrected chi connectivity index (χ0v) is 68.3. The third-order valence-corrected chi connectivity index (χ3v) is 21.3. The van der Waals surface area contributed by atoms with E-state index in [0.29, 0.717) is 31.6 Å². The van der Waals surface area contributed by atoms with E-state index in [-0.39, 0.29) is 25.7 Å². The van der Waals surface area contributed by atoms with Gasteiger partial charge in [0, 0.05) is 25.7 Å². The van der Waals surface area contributed by atoms with E-state index >= 15 is 0 Å². The van der Waals surface area contributed by atoms with Crippen molar-refractivity contribution >= 4 is 39.5 Å². The fourth-order valence-electron chi connectivity index (χ4n) is 12.6. The first-order chi connectivity index (χ1) is 48.6. The quantitative estimate of drug-likeness (QED) is 0.0222. The summed E-state index contributed by atoms with van der Waals surface area (Å²) in [5.74, 6) is 0.923. The van der Waals surface area contributed by atoms with Crippen LogP contribution in [0.3, 0.4) is 0 Å². The van der Waals surface area contributed by atoms with Crippen LogP contribution in [0.1, 0.15) is 421 Å². The topological polar surface area (TPSA) is 237 Å². The number of ether oxygens (including phenoxy) is 4. The first-order valence-electron chi connectivity index (χ1n) is 42.2. The van der Waals surface area contributed by atoms with Crippen LogP contribution < -0.4 is 0 Å². The molecular weight excluding hydrogens is 1320 g/mol. The second-order valence-corrected chi connectivity index (χ2v) is 34.1. The average molecular weight is 1480 g/mol. The molecule has 0 aromatic heterocycles. The van der Waals surface area contributed by atoms with Gasteiger partial charge in [-0.25, -0.2) is 9.13 Å². The number of unbranched alkanes of at least 4 members (excludes halogenated alkanes) is 44. The zero-order chi connectivity index (χ0) is 74.6. The molecule has 101 heavy (non-hydrogen) atoms. The van der Waals surface area contributed by atoms with Gasteiger partial charge >= 0.3 is 39.5 Å². The Morgan fingerprint density at radius 3 is 0.703 bits per heavy atom. The number of carbonyl (C=O) groups is 4. The SMILES string of the molecule is CCC(C)CCCCCCCCC(=O)OC[C@H](COP(=O)(O)OC[C@H](O)COP(=O)(O)OC[C@@H](COC(=O)CCCCCCCCCCCCCCCCCCCCC(C)C)OC(=O)CCCCCCCCC(C)C)OC(=O)CCCCCCCCCCCCCCCCCCCCC(C)C. The van der Waals surface area contributed by atoms with Crippen LogP contribution in [-0.4, -0.2) is 96.7 Å². The molecule has 0 fully saturated rings. The van der Waals surface area contributed by atoms with Gasteiger partial charge in [-0.3, -0.25) is 37.3 Å². The number of phosphoric acid groups is 2. The maximum absolute atomic E-state index is 13.1. The molecule has 0 aliphatic heterocycles. The van der Waals surface area contributed by atoms with E-state index < -0.39 is 97.5 Å². The number of aliphatic hydroxyl groups excluding tert-OH is 1. The van der Waals surface area contributed by atoms with Gasteiger partial charge in [-0.2, -0.15) is 0 Å². The Morgan fingerprint density at radius 2 is 0.475 bits per heavy atom. The number of hydrogen-bond donors (Lipinski definition) is 3. The average Bonchev–Trinajstić information content (AvgIpc) is 0.966. The Hall–Kier alpha value is -1.94. The largest absolute Gasteiger partial charge is 0.472 e. The smallest absolute Gasteiger partial charge is 0.462 e. The number of phosphoric ester groups is 2. The molecule has 0 bridgehead atoms. The van der Waals surface area contributed by atoms with Crippen LogP contribution in [0.4, 0.5) is 0 Å². The minimum atomic E-state index is -4.96. The second kappa shape index (κ2) is 71.0. The predicted octanol–water partition coefficient (Wildman–Crippen LogP) is 24.4. The highest BCUT2D eigenvalue weighted by Gasteiger charge is 2.30. The van der Waals surface area contributed by atoms with Crippen molar-refractivity contribution in [3.8, 4) is 0 Å². The minimum absolute atomic E-state index is 0.102. The van der Waals surface area contributed by atoms with E-state index in [0.717, 1.165) is 114 Å². The molecule has 0 aromatic rings. The molecule has 0 saturated heterocycles. The summed E-state index contributed by atoms with van der Waals surface area (Å²) >= 11 is 0. The fourth-order valence-corrected chi connectivity index (χ4v) is 14.2. The molecule has 3 N–H and O–H groups in total. The van der Waals surface area contributed by atoms with Gasteiger partial charge in [-0.05, 0) is 49.4 Å². The lowest BCUT2D eigenvalue weighted by molar-refractivity contribution is -0.161. The fraction of sp³-hybridized carbons (Fsp3) is 0.951. The highest BCUT2D eigenvalue weighted by Crippen LogP contribution is 2.45. The molecule has 0 saturated carbocycles. The van der Waals surface area contributed by atoms with E-state index in [1.165, 1.54) is 218 Å². The lowest BCUT2D eigenvalue weighted by Gasteiger charge is -2.21. The molecule has 600 valence electrons. The molecule has 0 radical (unpaired) electrons. The summed E-state index contributed by atoms with van der Waals surface area (Å²) in [6.45, 7) is 14.2. The van der Waals surface area contributed by atoms with Gasteiger partial charge in [-0.15, -0.1) is 0 Å². The highest BCUT2D eigenvalue weighted by molar-refractivity contribution is 7.47. The number of carbonyl (C=O) groups excluding carboxylic acids is 4. The minimum Gasteiger partial charge on any atom is -0.462 e. The van der Waals surface area contributed by atoms with Crippen LogP contribution in [0.25, 0.3) is 0 Å². The molecule has 6 atom stereocenters. The van der Waals surface area contributed by atoms with E-state index in [9.17, 15) is 43.2 Å². The summed E-state index contributed by atoms with van der Waals surface area (Å²) in [7, 11) is -9.92. The van der Waals surface area contributed by atoms with Crippen molar-refractivity contribution in [3.63, 3.8) is 0 Å². The lowest BCUT2D eigenvalue weighted by Crippen LogP contribution is -2.30. The Bertz CT molecular complexity index is 1970. The van der Waals surface area contributed by atoms with Crippen LogP contribution in [0.15, 0.2) is 0 Å². The molecule has 0 amide bonds. The maximum Gasteiger partial charge on any atom is 0.472 e. The van der Waals surface area contributed by atoms with Crippen molar-refractivity contribution in [1.29, 1.82) is 0 Å². The Kier molecular flexibility index (Phi) is 69.6. The summed E-state index contributed by atoms with van der Waals surface area (Å²) < 4.78 is 68.6. The van der Waals surface area contributed by atoms with Crippen LogP contribution in [0.5, 0.6) is 0 Å². The molecule has 0 aliphatic carbocycles.